The summed E-state index contributed by atoms with van der Waals surface area (Å²) in [5, 5.41) is 8.82. The number of nitrogens with zero attached hydrogens (tertiary/aromatic N) is 1. The van der Waals surface area contributed by atoms with E-state index in [-0.39, 0.29) is 12.0 Å². The van der Waals surface area contributed by atoms with Crippen molar-refractivity contribution in [2.75, 3.05) is 6.61 Å². The lowest BCUT2D eigenvalue weighted by atomic mass is 10.1. The molecule has 0 spiro atoms. The quantitative estimate of drug-likeness (QED) is 0.816. The number of aliphatic carboxylic acids is 1. The fourth-order valence-electron chi connectivity index (χ4n) is 2.23. The molecule has 1 aromatic heterocycles. The molecule has 0 atom stereocenters. The van der Waals surface area contributed by atoms with E-state index < -0.39 is 11.5 Å². The van der Waals surface area contributed by atoms with Gasteiger partial charge in [0.15, 0.2) is 0 Å². The largest absolute Gasteiger partial charge is 0.494 e. The molecule has 1 heterocycles. The Balaban J connectivity index is 2.14. The van der Waals surface area contributed by atoms with Crippen molar-refractivity contribution < 1.29 is 14.6 Å². The van der Waals surface area contributed by atoms with Crippen LogP contribution in [0.5, 0.6) is 5.75 Å². The van der Waals surface area contributed by atoms with Crippen LogP contribution in [-0.2, 0) is 17.6 Å². The number of benzene rings is 1. The van der Waals surface area contributed by atoms with E-state index in [1.165, 1.54) is 0 Å². The molecule has 2 N–H and O–H groups in total. The lowest BCUT2D eigenvalue weighted by Gasteiger charge is -2.07. The Morgan fingerprint density at radius 2 is 2.00 bits per heavy atom. The van der Waals surface area contributed by atoms with Crippen molar-refractivity contribution in [3.8, 4) is 5.75 Å². The van der Waals surface area contributed by atoms with Gasteiger partial charge in [-0.1, -0.05) is 19.1 Å². The zero-order chi connectivity index (χ0) is 16.8. The number of aromatic nitrogens is 2. The summed E-state index contributed by atoms with van der Waals surface area (Å²) in [4.78, 5) is 29.7. The first-order valence-electron chi connectivity index (χ1n) is 7.51. The van der Waals surface area contributed by atoms with Crippen molar-refractivity contribution >= 4 is 5.97 Å². The summed E-state index contributed by atoms with van der Waals surface area (Å²) in [5.41, 5.74) is 1.25. The second kappa shape index (κ2) is 7.58. The average Bonchev–Trinajstić information content (AvgIpc) is 2.50. The molecule has 0 saturated carbocycles. The topological polar surface area (TPSA) is 92.3 Å². The molecule has 0 amide bonds. The Morgan fingerprint density at radius 1 is 1.30 bits per heavy atom. The highest BCUT2D eigenvalue weighted by atomic mass is 16.5. The normalized spacial score (nSPS) is 10.5. The summed E-state index contributed by atoms with van der Waals surface area (Å²) in [5.74, 6) is 0.282. The van der Waals surface area contributed by atoms with E-state index in [2.05, 4.69) is 9.97 Å². The van der Waals surface area contributed by atoms with E-state index in [0.29, 0.717) is 24.5 Å². The second-order valence-corrected chi connectivity index (χ2v) is 5.32. The summed E-state index contributed by atoms with van der Waals surface area (Å²) >= 11 is 0. The number of hydrogen-bond acceptors (Lipinski definition) is 4. The van der Waals surface area contributed by atoms with Crippen molar-refractivity contribution in [1.82, 2.24) is 9.97 Å². The van der Waals surface area contributed by atoms with Crippen LogP contribution in [0.15, 0.2) is 29.1 Å². The third kappa shape index (κ3) is 4.67. The van der Waals surface area contributed by atoms with Gasteiger partial charge >= 0.3 is 5.97 Å². The number of hydrogen-bond donors (Lipinski definition) is 2. The predicted molar refractivity (Wildman–Crippen MR) is 86.0 cm³/mol. The van der Waals surface area contributed by atoms with Crippen LogP contribution in [0.2, 0.25) is 0 Å². The Bertz CT molecular complexity index is 735. The molecule has 6 heteroatoms. The monoisotopic (exact) mass is 316 g/mol. The van der Waals surface area contributed by atoms with Gasteiger partial charge in [-0.2, -0.15) is 0 Å². The lowest BCUT2D eigenvalue weighted by molar-refractivity contribution is -0.136. The summed E-state index contributed by atoms with van der Waals surface area (Å²) in [6.07, 6.45) is 1.10. The van der Waals surface area contributed by atoms with E-state index in [9.17, 15) is 9.59 Å². The number of rotatable bonds is 7. The van der Waals surface area contributed by atoms with Crippen LogP contribution in [0.25, 0.3) is 0 Å². The second-order valence-electron chi connectivity index (χ2n) is 5.32. The van der Waals surface area contributed by atoms with Crippen molar-refractivity contribution in [3.05, 3.63) is 57.3 Å². The number of carboxylic acids is 1. The molecule has 122 valence electrons. The van der Waals surface area contributed by atoms with Gasteiger partial charge in [-0.25, -0.2) is 4.98 Å². The van der Waals surface area contributed by atoms with Crippen LogP contribution in [0.4, 0.5) is 0 Å². The summed E-state index contributed by atoms with van der Waals surface area (Å²) in [7, 11) is 0. The lowest BCUT2D eigenvalue weighted by Crippen LogP contribution is -2.21. The van der Waals surface area contributed by atoms with Gasteiger partial charge in [-0.05, 0) is 31.0 Å². The predicted octanol–water partition coefficient (Wildman–Crippen LogP) is 2.09. The molecule has 2 rings (SSSR count). The molecule has 0 radical (unpaired) electrons. The number of ether oxygens (including phenoxy) is 1. The van der Waals surface area contributed by atoms with Gasteiger partial charge in [0.2, 0.25) is 0 Å². The summed E-state index contributed by atoms with van der Waals surface area (Å²) in [6.45, 7) is 4.38. The van der Waals surface area contributed by atoms with Gasteiger partial charge in [-0.3, -0.25) is 9.59 Å². The molecule has 0 unspecified atom stereocenters. The number of aromatic amines is 1. The highest BCUT2D eigenvalue weighted by Crippen LogP contribution is 2.14. The van der Waals surface area contributed by atoms with E-state index in [1.807, 2.05) is 31.2 Å². The third-order valence-electron chi connectivity index (χ3n) is 3.37. The minimum Gasteiger partial charge on any atom is -0.494 e. The smallest absolute Gasteiger partial charge is 0.308 e. The average molecular weight is 316 g/mol. The van der Waals surface area contributed by atoms with Crippen LogP contribution in [-0.4, -0.2) is 27.7 Å². The maximum Gasteiger partial charge on any atom is 0.308 e. The van der Waals surface area contributed by atoms with Crippen LogP contribution in [0.3, 0.4) is 0 Å². The first-order valence-corrected chi connectivity index (χ1v) is 7.51. The van der Waals surface area contributed by atoms with E-state index in [0.717, 1.165) is 17.7 Å². The zero-order valence-electron chi connectivity index (χ0n) is 13.3. The first kappa shape index (κ1) is 16.7. The third-order valence-corrected chi connectivity index (χ3v) is 3.37. The Hall–Kier alpha value is -2.63. The number of aryl methyl sites for hydroxylation is 1. The fraction of sp³-hybridized carbons (Fsp3) is 0.353. The number of H-pyrrole nitrogens is 1. The van der Waals surface area contributed by atoms with Crippen LogP contribution in [0, 0.1) is 6.92 Å². The highest BCUT2D eigenvalue weighted by Gasteiger charge is 2.12. The van der Waals surface area contributed by atoms with Gasteiger partial charge in [0.1, 0.15) is 11.6 Å². The van der Waals surface area contributed by atoms with E-state index in [1.54, 1.807) is 6.92 Å². The summed E-state index contributed by atoms with van der Waals surface area (Å²) in [6, 6.07) is 7.61. The van der Waals surface area contributed by atoms with Crippen molar-refractivity contribution in [2.24, 2.45) is 0 Å². The molecule has 0 aliphatic carbocycles. The molecule has 0 aliphatic heterocycles. The van der Waals surface area contributed by atoms with E-state index in [4.69, 9.17) is 9.84 Å². The maximum atomic E-state index is 12.0. The van der Waals surface area contributed by atoms with E-state index >= 15 is 0 Å². The Morgan fingerprint density at radius 3 is 2.57 bits per heavy atom. The fourth-order valence-corrected chi connectivity index (χ4v) is 2.23. The number of carboxylic acid groups (broad SMARTS) is 1. The molecule has 23 heavy (non-hydrogen) atoms. The minimum atomic E-state index is -1.05. The number of nitrogens with one attached hydrogen (secondary N) is 1. The maximum absolute atomic E-state index is 12.0. The molecular weight excluding hydrogens is 296 g/mol. The van der Waals surface area contributed by atoms with Gasteiger partial charge < -0.3 is 14.8 Å². The molecule has 0 fully saturated rings. The molecular formula is C17H20N2O4. The summed E-state index contributed by atoms with van der Waals surface area (Å²) < 4.78 is 5.52. The van der Waals surface area contributed by atoms with Crippen LogP contribution in [0.1, 0.15) is 36.0 Å². The van der Waals surface area contributed by atoms with Crippen LogP contribution < -0.4 is 10.3 Å². The molecule has 0 aliphatic rings. The van der Waals surface area contributed by atoms with Crippen molar-refractivity contribution in [1.29, 1.82) is 0 Å². The first-order chi connectivity index (χ1) is 11.0. The Kier molecular flexibility index (Phi) is 5.51. The Labute approximate surface area is 134 Å². The zero-order valence-corrected chi connectivity index (χ0v) is 13.3. The van der Waals surface area contributed by atoms with Crippen molar-refractivity contribution in [2.45, 2.75) is 33.1 Å². The molecule has 2 aromatic rings. The SMILES string of the molecule is CCCOc1ccc(Cc2nc(C)c(CC(=O)O)c(=O)[nH]2)cc1. The van der Waals surface area contributed by atoms with Gasteiger partial charge in [0.25, 0.3) is 5.56 Å². The molecule has 0 saturated heterocycles. The van der Waals surface area contributed by atoms with Gasteiger partial charge in [-0.15, -0.1) is 0 Å². The highest BCUT2D eigenvalue weighted by molar-refractivity contribution is 5.70. The minimum absolute atomic E-state index is 0.199. The molecule has 6 nitrogen and oxygen atoms in total. The molecule has 0 bridgehead atoms. The standard InChI is InChI=1S/C17H20N2O4/c1-3-8-23-13-6-4-12(5-7-13)9-15-18-11(2)14(10-16(20)21)17(22)19-15/h4-7H,3,8-10H2,1-2H3,(H,20,21)(H,18,19,22). The molecule has 1 aromatic carbocycles. The van der Waals surface area contributed by atoms with Crippen LogP contribution >= 0.6 is 0 Å². The van der Waals surface area contributed by atoms with Gasteiger partial charge in [0, 0.05) is 17.7 Å². The number of carbonyl (C=O) groups is 1. The van der Waals surface area contributed by atoms with Crippen molar-refractivity contribution in [3.63, 3.8) is 0 Å². The van der Waals surface area contributed by atoms with Gasteiger partial charge in [0.05, 0.1) is 13.0 Å².